The second-order valence-corrected chi connectivity index (χ2v) is 6.15. The van der Waals surface area contributed by atoms with Crippen LogP contribution in [0.2, 0.25) is 5.02 Å². The van der Waals surface area contributed by atoms with Crippen LogP contribution in [0.15, 0.2) is 47.5 Å². The molecule has 0 N–H and O–H groups in total. The molecule has 15 heavy (non-hydrogen) atoms. The molecule has 3 rings (SSSR count). The Morgan fingerprint density at radius 3 is 2.80 bits per heavy atom. The Morgan fingerprint density at radius 1 is 1.00 bits per heavy atom. The molecule has 3 heteroatoms. The van der Waals surface area contributed by atoms with Crippen LogP contribution in [0.1, 0.15) is 0 Å². The average Bonchev–Trinajstić information content (AvgIpc) is 2.27. The molecule has 0 saturated heterocycles. The summed E-state index contributed by atoms with van der Waals surface area (Å²) in [4.78, 5) is 4.61. The first-order valence-electron chi connectivity index (χ1n) is 4.65. The third-order valence-corrected chi connectivity index (χ3v) is 5.68. The molecule has 0 aromatic heterocycles. The molecule has 1 aliphatic heterocycles. The Morgan fingerprint density at radius 2 is 1.87 bits per heavy atom. The minimum absolute atomic E-state index is 0.0162. The van der Waals surface area contributed by atoms with Gasteiger partial charge in [0, 0.05) is 0 Å². The summed E-state index contributed by atoms with van der Waals surface area (Å²) in [5.41, 5.74) is 1.10. The van der Waals surface area contributed by atoms with Crippen LogP contribution in [0.3, 0.4) is 0 Å². The van der Waals surface area contributed by atoms with Gasteiger partial charge in [-0.3, -0.25) is 0 Å². The van der Waals surface area contributed by atoms with Crippen molar-refractivity contribution in [2.75, 3.05) is 0 Å². The summed E-state index contributed by atoms with van der Waals surface area (Å²) in [6.45, 7) is 0. The quantitative estimate of drug-likeness (QED) is 0.556. The van der Waals surface area contributed by atoms with Gasteiger partial charge in [-0.15, -0.1) is 0 Å². The van der Waals surface area contributed by atoms with E-state index < -0.39 is 0 Å². The molecule has 0 unspecified atom stereocenters. The van der Waals surface area contributed by atoms with E-state index in [4.69, 9.17) is 11.6 Å². The van der Waals surface area contributed by atoms with Crippen molar-refractivity contribution in [2.45, 2.75) is 0 Å². The molecular formula is C12H7AsClN. The van der Waals surface area contributed by atoms with E-state index in [0.29, 0.717) is 0 Å². The Labute approximate surface area is 98.6 Å². The number of hydrogen-bond acceptors (Lipinski definition) is 1. The summed E-state index contributed by atoms with van der Waals surface area (Å²) in [5, 5.41) is 1.90. The van der Waals surface area contributed by atoms with Crippen molar-refractivity contribution in [1.82, 2.24) is 0 Å². The van der Waals surface area contributed by atoms with Crippen molar-refractivity contribution in [3.63, 3.8) is 0 Å². The van der Waals surface area contributed by atoms with Gasteiger partial charge in [0.15, 0.2) is 0 Å². The van der Waals surface area contributed by atoms with Gasteiger partial charge in [0.1, 0.15) is 0 Å². The Balaban J connectivity index is 2.44. The zero-order valence-corrected chi connectivity index (χ0v) is 10.4. The summed E-state index contributed by atoms with van der Waals surface area (Å²) >= 11 is 6.16. The second-order valence-electron chi connectivity index (χ2n) is 3.32. The van der Waals surface area contributed by atoms with Gasteiger partial charge in [0.2, 0.25) is 0 Å². The molecule has 2 aromatic rings. The molecule has 2 aromatic carbocycles. The van der Waals surface area contributed by atoms with Crippen LogP contribution in [0.5, 0.6) is 0 Å². The SMILES string of the molecule is Clc1cccc2c1=[As]c1ccccc1N=2. The van der Waals surface area contributed by atoms with E-state index in [1.807, 2.05) is 24.3 Å². The predicted octanol–water partition coefficient (Wildman–Crippen LogP) is 1.89. The summed E-state index contributed by atoms with van der Waals surface area (Å²) in [5.74, 6) is 0. The molecule has 0 bridgehead atoms. The van der Waals surface area contributed by atoms with Crippen molar-refractivity contribution >= 4 is 36.9 Å². The molecular weight excluding hydrogens is 269 g/mol. The maximum absolute atomic E-state index is 6.17. The molecule has 1 heterocycles. The summed E-state index contributed by atoms with van der Waals surface area (Å²) in [7, 11) is 0. The van der Waals surface area contributed by atoms with Gasteiger partial charge in [0.05, 0.1) is 0 Å². The fourth-order valence-corrected chi connectivity index (χ4v) is 4.22. The van der Waals surface area contributed by atoms with Crippen molar-refractivity contribution < 1.29 is 0 Å². The predicted molar refractivity (Wildman–Crippen MR) is 62.9 cm³/mol. The molecule has 0 radical (unpaired) electrons. The minimum atomic E-state index is -0.0162. The van der Waals surface area contributed by atoms with Crippen LogP contribution >= 0.6 is 11.6 Å². The third kappa shape index (κ3) is 1.56. The van der Waals surface area contributed by atoms with Crippen molar-refractivity contribution in [3.05, 3.63) is 56.8 Å². The van der Waals surface area contributed by atoms with E-state index in [0.717, 1.165) is 16.1 Å². The topological polar surface area (TPSA) is 12.4 Å². The van der Waals surface area contributed by atoms with E-state index in [9.17, 15) is 0 Å². The van der Waals surface area contributed by atoms with Crippen LogP contribution in [-0.4, -0.2) is 15.3 Å². The molecule has 0 spiro atoms. The van der Waals surface area contributed by atoms with Gasteiger partial charge in [-0.2, -0.15) is 0 Å². The summed E-state index contributed by atoms with van der Waals surface area (Å²) in [6, 6.07) is 14.2. The Bertz CT molecular complexity index is 649. The fraction of sp³-hybridized carbons (Fsp3) is 0. The Hall–Kier alpha value is -0.912. The number of hydrogen-bond donors (Lipinski definition) is 0. The van der Waals surface area contributed by atoms with Gasteiger partial charge in [-0.1, -0.05) is 0 Å². The zero-order valence-electron chi connectivity index (χ0n) is 7.81. The van der Waals surface area contributed by atoms with Crippen LogP contribution in [0, 0.1) is 3.95 Å². The Kier molecular flexibility index (Phi) is 2.23. The maximum atomic E-state index is 6.17. The number of halogens is 1. The second kappa shape index (κ2) is 3.59. The van der Waals surface area contributed by atoms with Gasteiger partial charge in [0.25, 0.3) is 0 Å². The van der Waals surface area contributed by atoms with Crippen LogP contribution in [0.25, 0.3) is 0 Å². The first-order valence-corrected chi connectivity index (χ1v) is 6.91. The van der Waals surface area contributed by atoms with Gasteiger partial charge < -0.3 is 0 Å². The molecule has 0 atom stereocenters. The normalized spacial score (nSPS) is 13.1. The standard InChI is InChI=1S/C12H7AsClN/c14-9-5-3-7-11-12(9)13-8-4-1-2-6-10(8)15-11/h1-7H. The molecule has 0 saturated carbocycles. The van der Waals surface area contributed by atoms with Crippen molar-refractivity contribution in [3.8, 4) is 0 Å². The van der Waals surface area contributed by atoms with Gasteiger partial charge in [-0.05, 0) is 0 Å². The van der Waals surface area contributed by atoms with E-state index >= 15 is 0 Å². The van der Waals surface area contributed by atoms with Crippen molar-refractivity contribution in [1.29, 1.82) is 0 Å². The van der Waals surface area contributed by atoms with E-state index in [1.165, 1.54) is 8.30 Å². The van der Waals surface area contributed by atoms with Crippen molar-refractivity contribution in [2.24, 2.45) is 4.99 Å². The summed E-state index contributed by atoms with van der Waals surface area (Å²) < 4.78 is 2.57. The molecule has 1 aliphatic rings. The van der Waals surface area contributed by atoms with E-state index in [-0.39, 0.29) is 15.3 Å². The molecule has 1 nitrogen and oxygen atoms in total. The number of rotatable bonds is 0. The summed E-state index contributed by atoms with van der Waals surface area (Å²) in [6.07, 6.45) is 0. The molecule has 0 aliphatic carbocycles. The number of benzene rings is 2. The number of para-hydroxylation sites is 1. The fourth-order valence-electron chi connectivity index (χ4n) is 1.61. The third-order valence-electron chi connectivity index (χ3n) is 2.32. The first-order chi connectivity index (χ1) is 7.34. The van der Waals surface area contributed by atoms with Gasteiger partial charge in [-0.25, -0.2) is 0 Å². The molecule has 0 amide bonds. The molecule has 0 fully saturated rings. The number of fused-ring (bicyclic) bond motifs is 2. The number of nitrogens with zero attached hydrogens (tertiary/aromatic N) is 1. The average molecular weight is 276 g/mol. The first kappa shape index (κ1) is 9.32. The van der Waals surface area contributed by atoms with Crippen LogP contribution < -0.4 is 9.71 Å². The monoisotopic (exact) mass is 275 g/mol. The van der Waals surface area contributed by atoms with E-state index in [2.05, 4.69) is 23.2 Å². The van der Waals surface area contributed by atoms with Crippen LogP contribution in [0.4, 0.5) is 5.69 Å². The van der Waals surface area contributed by atoms with Gasteiger partial charge >= 0.3 is 98.7 Å². The zero-order chi connectivity index (χ0) is 10.3. The van der Waals surface area contributed by atoms with Crippen LogP contribution in [-0.2, 0) is 0 Å². The van der Waals surface area contributed by atoms with E-state index in [1.54, 1.807) is 0 Å². The molecule has 72 valence electrons.